The smallest absolute Gasteiger partial charge is 0.141 e. The predicted octanol–water partition coefficient (Wildman–Crippen LogP) is 5.12. The lowest BCUT2D eigenvalue weighted by molar-refractivity contribution is 0.509. The summed E-state index contributed by atoms with van der Waals surface area (Å²) in [5, 5.41) is 1.83. The number of rotatable bonds is 3. The minimum atomic E-state index is 0.0332. The Kier molecular flexibility index (Phi) is 3.91. The first-order valence-corrected chi connectivity index (χ1v) is 9.43. The van der Waals surface area contributed by atoms with Crippen molar-refractivity contribution in [3.8, 4) is 0 Å². The summed E-state index contributed by atoms with van der Waals surface area (Å²) in [4.78, 5) is 6.93. The molecular weight excluding hydrogens is 332 g/mol. The molecule has 27 heavy (non-hydrogen) atoms. The third-order valence-electron chi connectivity index (χ3n) is 5.49. The third-order valence-corrected chi connectivity index (χ3v) is 5.49. The van der Waals surface area contributed by atoms with Crippen LogP contribution in [0.4, 0.5) is 22.7 Å². The zero-order chi connectivity index (χ0) is 18.2. The average Bonchev–Trinajstić information content (AvgIpc) is 3.02. The number of hydrazine groups is 1. The molecule has 2 heterocycles. The van der Waals surface area contributed by atoms with Crippen molar-refractivity contribution in [1.82, 2.24) is 0 Å². The summed E-state index contributed by atoms with van der Waals surface area (Å²) in [7, 11) is 0. The lowest BCUT2D eigenvalue weighted by Gasteiger charge is -2.26. The second-order valence-electron chi connectivity index (χ2n) is 7.09. The molecule has 3 aromatic carbocycles. The lowest BCUT2D eigenvalue weighted by atomic mass is 9.92. The number of hydrogen-bond donors (Lipinski definition) is 1. The minimum absolute atomic E-state index is 0.0332. The van der Waals surface area contributed by atoms with Gasteiger partial charge in [-0.1, -0.05) is 36.4 Å². The first-order valence-electron chi connectivity index (χ1n) is 9.43. The molecule has 2 unspecified atom stereocenters. The summed E-state index contributed by atoms with van der Waals surface area (Å²) in [5.74, 6) is 6.72. The normalized spacial score (nSPS) is 20.3. The molecule has 134 valence electrons. The first kappa shape index (κ1) is 16.1. The van der Waals surface area contributed by atoms with E-state index in [9.17, 15) is 0 Å². The maximum Gasteiger partial charge on any atom is 0.141 e. The van der Waals surface area contributed by atoms with Gasteiger partial charge in [0, 0.05) is 29.2 Å². The zero-order valence-corrected chi connectivity index (χ0v) is 15.1. The van der Waals surface area contributed by atoms with E-state index >= 15 is 0 Å². The van der Waals surface area contributed by atoms with Crippen LogP contribution in [0.5, 0.6) is 0 Å². The van der Waals surface area contributed by atoms with E-state index in [2.05, 4.69) is 76.6 Å². The molecule has 0 spiro atoms. The van der Waals surface area contributed by atoms with Gasteiger partial charge in [-0.3, -0.25) is 10.0 Å². The maximum atomic E-state index is 6.36. The molecule has 0 saturated heterocycles. The number of para-hydroxylation sites is 2. The molecule has 4 heteroatoms. The molecule has 3 aromatic rings. The Morgan fingerprint density at radius 2 is 1.52 bits per heavy atom. The summed E-state index contributed by atoms with van der Waals surface area (Å²) in [6, 6.07) is 27.5. The fourth-order valence-electron chi connectivity index (χ4n) is 4.23. The van der Waals surface area contributed by atoms with Crippen LogP contribution in [0.15, 0.2) is 83.9 Å². The van der Waals surface area contributed by atoms with Crippen LogP contribution in [0.1, 0.15) is 24.3 Å². The van der Waals surface area contributed by atoms with Gasteiger partial charge in [-0.15, -0.1) is 0 Å². The van der Waals surface area contributed by atoms with Crippen molar-refractivity contribution in [3.63, 3.8) is 0 Å². The van der Waals surface area contributed by atoms with E-state index in [1.54, 1.807) is 0 Å². The molecule has 0 bridgehead atoms. The monoisotopic (exact) mass is 354 g/mol. The van der Waals surface area contributed by atoms with Crippen LogP contribution >= 0.6 is 0 Å². The Morgan fingerprint density at radius 1 is 0.852 bits per heavy atom. The summed E-state index contributed by atoms with van der Waals surface area (Å²) < 4.78 is 0. The Bertz CT molecular complexity index is 929. The second-order valence-corrected chi connectivity index (χ2v) is 7.09. The van der Waals surface area contributed by atoms with Crippen molar-refractivity contribution >= 4 is 29.0 Å². The largest absolute Gasteiger partial charge is 0.310 e. The summed E-state index contributed by atoms with van der Waals surface area (Å²) in [6.07, 6.45) is 4.15. The van der Waals surface area contributed by atoms with Gasteiger partial charge in [0.1, 0.15) is 6.17 Å². The molecule has 2 N–H and O–H groups in total. The Labute approximate surface area is 159 Å². The number of aliphatic imine (C=N–C) groups is 1. The molecular formula is C23H22N4. The van der Waals surface area contributed by atoms with E-state index in [0.717, 1.165) is 35.6 Å². The van der Waals surface area contributed by atoms with Gasteiger partial charge >= 0.3 is 0 Å². The Morgan fingerprint density at radius 3 is 2.19 bits per heavy atom. The first-order chi connectivity index (χ1) is 13.3. The van der Waals surface area contributed by atoms with Crippen LogP contribution in [-0.2, 0) is 0 Å². The fraction of sp³-hybridized carbons (Fsp3) is 0.174. The van der Waals surface area contributed by atoms with Crippen molar-refractivity contribution in [2.75, 3.05) is 9.91 Å². The lowest BCUT2D eigenvalue weighted by Crippen LogP contribution is -2.39. The van der Waals surface area contributed by atoms with Crippen LogP contribution in [0.25, 0.3) is 0 Å². The van der Waals surface area contributed by atoms with E-state index in [1.807, 2.05) is 23.4 Å². The van der Waals surface area contributed by atoms with Gasteiger partial charge in [-0.25, -0.2) is 5.84 Å². The van der Waals surface area contributed by atoms with Crippen molar-refractivity contribution in [1.29, 1.82) is 0 Å². The molecule has 0 amide bonds. The van der Waals surface area contributed by atoms with Gasteiger partial charge in [-0.05, 0) is 60.9 Å². The summed E-state index contributed by atoms with van der Waals surface area (Å²) >= 11 is 0. The van der Waals surface area contributed by atoms with Crippen LogP contribution in [0, 0.1) is 0 Å². The zero-order valence-electron chi connectivity index (χ0n) is 15.1. The highest BCUT2D eigenvalue weighted by Gasteiger charge is 2.38. The Balaban J connectivity index is 1.63. The van der Waals surface area contributed by atoms with Crippen LogP contribution in [0.2, 0.25) is 0 Å². The summed E-state index contributed by atoms with van der Waals surface area (Å²) in [6.45, 7) is 0. The van der Waals surface area contributed by atoms with Crippen molar-refractivity contribution < 1.29 is 0 Å². The summed E-state index contributed by atoms with van der Waals surface area (Å²) in [5.41, 5.74) is 5.83. The maximum absolute atomic E-state index is 6.36. The topological polar surface area (TPSA) is 44.9 Å². The van der Waals surface area contributed by atoms with Crippen molar-refractivity contribution in [2.24, 2.45) is 10.8 Å². The molecule has 5 rings (SSSR count). The predicted molar refractivity (Wildman–Crippen MR) is 112 cm³/mol. The van der Waals surface area contributed by atoms with E-state index in [0.29, 0.717) is 5.92 Å². The molecule has 0 radical (unpaired) electrons. The molecule has 2 aliphatic heterocycles. The molecule has 2 aliphatic rings. The highest BCUT2D eigenvalue weighted by molar-refractivity contribution is 5.79. The molecule has 0 aliphatic carbocycles. The molecule has 0 fully saturated rings. The number of hydrogen-bond acceptors (Lipinski definition) is 4. The van der Waals surface area contributed by atoms with E-state index in [4.69, 9.17) is 5.84 Å². The van der Waals surface area contributed by atoms with Crippen molar-refractivity contribution in [3.05, 3.63) is 84.4 Å². The molecule has 4 nitrogen and oxygen atoms in total. The number of fused-ring (bicyclic) bond motifs is 3. The number of nitrogens with two attached hydrogens (primary N) is 1. The highest BCUT2D eigenvalue weighted by atomic mass is 15.5. The van der Waals surface area contributed by atoms with Gasteiger partial charge in [0.15, 0.2) is 0 Å². The highest BCUT2D eigenvalue weighted by Crippen LogP contribution is 2.46. The van der Waals surface area contributed by atoms with Gasteiger partial charge < -0.3 is 4.90 Å². The fourth-order valence-corrected chi connectivity index (χ4v) is 4.23. The van der Waals surface area contributed by atoms with Crippen molar-refractivity contribution in [2.45, 2.75) is 24.9 Å². The van der Waals surface area contributed by atoms with E-state index in [-0.39, 0.29) is 6.17 Å². The molecule has 2 atom stereocenters. The van der Waals surface area contributed by atoms with Crippen LogP contribution < -0.4 is 15.8 Å². The van der Waals surface area contributed by atoms with Gasteiger partial charge in [0.05, 0.1) is 5.69 Å². The van der Waals surface area contributed by atoms with E-state index < -0.39 is 0 Å². The molecule has 0 saturated carbocycles. The SMILES string of the molecule is NN1c2ccc(N(c3ccccc3)c3ccccc3)cc2C2CCC=NC21. The molecule has 0 aromatic heterocycles. The minimum Gasteiger partial charge on any atom is -0.310 e. The van der Waals surface area contributed by atoms with Gasteiger partial charge in [0.25, 0.3) is 0 Å². The Hall–Kier alpha value is -3.11. The average molecular weight is 354 g/mol. The number of benzene rings is 3. The number of anilines is 4. The third kappa shape index (κ3) is 2.69. The van der Waals surface area contributed by atoms with Gasteiger partial charge in [-0.2, -0.15) is 0 Å². The van der Waals surface area contributed by atoms with Gasteiger partial charge in [0.2, 0.25) is 0 Å². The van der Waals surface area contributed by atoms with Crippen LogP contribution in [0.3, 0.4) is 0 Å². The number of nitrogens with zero attached hydrogens (tertiary/aromatic N) is 3. The second kappa shape index (κ2) is 6.56. The standard InChI is InChI=1S/C23H22N4/c24-27-22-14-13-19(16-21(22)20-12-7-15-25-23(20)27)26(17-8-3-1-4-9-17)18-10-5-2-6-11-18/h1-6,8-11,13-16,20,23H,7,12,24H2. The van der Waals surface area contributed by atoms with E-state index in [1.165, 1.54) is 5.56 Å². The van der Waals surface area contributed by atoms with Crippen LogP contribution in [-0.4, -0.2) is 12.4 Å². The quantitative estimate of drug-likeness (QED) is 0.664.